The molecule has 1 amide bonds. The number of benzene rings is 1. The Hall–Kier alpha value is -1.98. The molecule has 0 saturated carbocycles. The molecule has 2 heterocycles. The van der Waals surface area contributed by atoms with E-state index in [-0.39, 0.29) is 17.4 Å². The van der Waals surface area contributed by atoms with Crippen LogP contribution >= 0.6 is 39.0 Å². The second kappa shape index (κ2) is 8.81. The maximum atomic E-state index is 12.1. The topological polar surface area (TPSA) is 69.0 Å². The Morgan fingerprint density at radius 3 is 2.74 bits per heavy atom. The van der Waals surface area contributed by atoms with E-state index in [0.29, 0.717) is 10.8 Å². The standard InChI is InChI=1S/C16H13BrF2N4O2S2/c1-23-14(12-6-9(17)7-26-12)21-22-16(23)27-8-13(24)20-10-2-4-11(5-3-10)25-15(18)19/h2-7,15H,8H2,1H3,(H,20,24). The number of rotatable bonds is 7. The maximum absolute atomic E-state index is 12.1. The molecule has 3 rings (SSSR count). The molecule has 0 atom stereocenters. The molecule has 0 fully saturated rings. The second-order valence-electron chi connectivity index (χ2n) is 5.23. The van der Waals surface area contributed by atoms with Gasteiger partial charge in [0.15, 0.2) is 11.0 Å². The normalized spacial score (nSPS) is 11.0. The molecular weight excluding hydrogens is 462 g/mol. The van der Waals surface area contributed by atoms with Crippen molar-refractivity contribution in [3.8, 4) is 16.5 Å². The van der Waals surface area contributed by atoms with Gasteiger partial charge in [0.1, 0.15) is 5.75 Å². The lowest BCUT2D eigenvalue weighted by atomic mass is 10.3. The van der Waals surface area contributed by atoms with E-state index in [1.165, 1.54) is 36.0 Å². The zero-order valence-electron chi connectivity index (χ0n) is 13.9. The van der Waals surface area contributed by atoms with Gasteiger partial charge in [-0.15, -0.1) is 21.5 Å². The Labute approximate surface area is 170 Å². The van der Waals surface area contributed by atoms with Gasteiger partial charge in [0.25, 0.3) is 0 Å². The van der Waals surface area contributed by atoms with Crippen LogP contribution in [0.5, 0.6) is 5.75 Å². The summed E-state index contributed by atoms with van der Waals surface area (Å²) in [5.41, 5.74) is 0.490. The number of thiophene rings is 1. The Morgan fingerprint density at radius 2 is 2.11 bits per heavy atom. The Kier molecular flexibility index (Phi) is 6.45. The van der Waals surface area contributed by atoms with E-state index in [1.807, 2.05) is 23.1 Å². The van der Waals surface area contributed by atoms with E-state index in [0.717, 1.165) is 15.2 Å². The van der Waals surface area contributed by atoms with Crippen molar-refractivity contribution in [3.63, 3.8) is 0 Å². The Morgan fingerprint density at radius 1 is 1.37 bits per heavy atom. The first kappa shape index (κ1) is 19.8. The van der Waals surface area contributed by atoms with E-state index in [4.69, 9.17) is 0 Å². The molecule has 1 N–H and O–H groups in total. The van der Waals surface area contributed by atoms with Crippen molar-refractivity contribution in [2.45, 2.75) is 11.8 Å². The smallest absolute Gasteiger partial charge is 0.387 e. The SMILES string of the molecule is Cn1c(SCC(=O)Nc2ccc(OC(F)F)cc2)nnc1-c1cc(Br)cs1. The first-order valence-corrected chi connectivity index (χ1v) is 10.2. The van der Waals surface area contributed by atoms with E-state index >= 15 is 0 Å². The van der Waals surface area contributed by atoms with Crippen molar-refractivity contribution in [3.05, 3.63) is 40.2 Å². The van der Waals surface area contributed by atoms with Crippen LogP contribution in [0.3, 0.4) is 0 Å². The molecule has 2 aromatic heterocycles. The fraction of sp³-hybridized carbons (Fsp3) is 0.188. The molecule has 142 valence electrons. The van der Waals surface area contributed by atoms with Crippen molar-refractivity contribution in [2.24, 2.45) is 7.05 Å². The minimum atomic E-state index is -2.88. The van der Waals surface area contributed by atoms with Gasteiger partial charge in [0.2, 0.25) is 5.91 Å². The van der Waals surface area contributed by atoms with Gasteiger partial charge < -0.3 is 14.6 Å². The van der Waals surface area contributed by atoms with Gasteiger partial charge in [-0.25, -0.2) is 0 Å². The minimum absolute atomic E-state index is 0.0317. The van der Waals surface area contributed by atoms with Crippen molar-refractivity contribution in [1.29, 1.82) is 0 Å². The Bertz CT molecular complexity index is 931. The minimum Gasteiger partial charge on any atom is -0.435 e. The van der Waals surface area contributed by atoms with Gasteiger partial charge in [-0.3, -0.25) is 4.79 Å². The lowest BCUT2D eigenvalue weighted by molar-refractivity contribution is -0.113. The van der Waals surface area contributed by atoms with Gasteiger partial charge in [-0.1, -0.05) is 11.8 Å². The highest BCUT2D eigenvalue weighted by Gasteiger charge is 2.14. The maximum Gasteiger partial charge on any atom is 0.387 e. The molecule has 11 heteroatoms. The van der Waals surface area contributed by atoms with Crippen LogP contribution in [0, 0.1) is 0 Å². The van der Waals surface area contributed by atoms with Crippen LogP contribution < -0.4 is 10.1 Å². The molecular formula is C16H13BrF2N4O2S2. The summed E-state index contributed by atoms with van der Waals surface area (Å²) in [6, 6.07) is 7.67. The third-order valence-corrected chi connectivity index (χ3v) is 6.03. The summed E-state index contributed by atoms with van der Waals surface area (Å²) in [6.45, 7) is -2.88. The number of aromatic nitrogens is 3. The molecule has 3 aromatic rings. The summed E-state index contributed by atoms with van der Waals surface area (Å²) < 4.78 is 31.3. The van der Waals surface area contributed by atoms with Crippen LogP contribution in [0.4, 0.5) is 14.5 Å². The van der Waals surface area contributed by atoms with Gasteiger partial charge in [-0.2, -0.15) is 8.78 Å². The number of amides is 1. The molecule has 0 aliphatic rings. The van der Waals surface area contributed by atoms with Crippen LogP contribution in [0.15, 0.2) is 45.3 Å². The third-order valence-electron chi connectivity index (χ3n) is 3.32. The van der Waals surface area contributed by atoms with E-state index in [1.54, 1.807) is 11.3 Å². The fourth-order valence-corrected chi connectivity index (χ4v) is 4.29. The largest absolute Gasteiger partial charge is 0.435 e. The summed E-state index contributed by atoms with van der Waals surface area (Å²) in [5.74, 6) is 0.647. The van der Waals surface area contributed by atoms with Crippen LogP contribution in [0.2, 0.25) is 0 Å². The number of anilines is 1. The van der Waals surface area contributed by atoms with Gasteiger partial charge in [0.05, 0.1) is 10.6 Å². The van der Waals surface area contributed by atoms with E-state index in [2.05, 4.69) is 36.2 Å². The molecule has 0 unspecified atom stereocenters. The molecule has 0 aliphatic carbocycles. The Balaban J connectivity index is 1.56. The first-order valence-electron chi connectivity index (χ1n) is 7.53. The predicted molar refractivity (Wildman–Crippen MR) is 104 cm³/mol. The monoisotopic (exact) mass is 474 g/mol. The van der Waals surface area contributed by atoms with Crippen molar-refractivity contribution >= 4 is 50.6 Å². The van der Waals surface area contributed by atoms with Crippen LogP contribution in [0.1, 0.15) is 0 Å². The van der Waals surface area contributed by atoms with Crippen molar-refractivity contribution < 1.29 is 18.3 Å². The van der Waals surface area contributed by atoms with Crippen LogP contribution in [-0.2, 0) is 11.8 Å². The van der Waals surface area contributed by atoms with Gasteiger partial charge in [0, 0.05) is 22.6 Å². The number of ether oxygens (including phenoxy) is 1. The molecule has 0 aliphatic heterocycles. The molecule has 27 heavy (non-hydrogen) atoms. The third kappa shape index (κ3) is 5.27. The number of nitrogens with zero attached hydrogens (tertiary/aromatic N) is 3. The number of carbonyl (C=O) groups is 1. The molecule has 6 nitrogen and oxygen atoms in total. The number of alkyl halides is 2. The average Bonchev–Trinajstić information content (AvgIpc) is 3.20. The second-order valence-corrected chi connectivity index (χ2v) is 8.00. The lowest BCUT2D eigenvalue weighted by Gasteiger charge is -2.07. The first-order chi connectivity index (χ1) is 12.9. The highest BCUT2D eigenvalue weighted by atomic mass is 79.9. The molecule has 0 radical (unpaired) electrons. The van der Waals surface area contributed by atoms with Crippen molar-refractivity contribution in [2.75, 3.05) is 11.1 Å². The number of hydrogen-bond acceptors (Lipinski definition) is 6. The summed E-state index contributed by atoms with van der Waals surface area (Å²) in [5, 5.41) is 13.6. The highest BCUT2D eigenvalue weighted by Crippen LogP contribution is 2.30. The van der Waals surface area contributed by atoms with E-state index in [9.17, 15) is 13.6 Å². The number of nitrogens with one attached hydrogen (secondary N) is 1. The fourth-order valence-electron chi connectivity index (χ4n) is 2.13. The summed E-state index contributed by atoms with van der Waals surface area (Å²) in [4.78, 5) is 13.1. The zero-order chi connectivity index (χ0) is 19.4. The highest BCUT2D eigenvalue weighted by molar-refractivity contribution is 9.10. The van der Waals surface area contributed by atoms with Crippen LogP contribution in [0.25, 0.3) is 10.7 Å². The average molecular weight is 475 g/mol. The molecule has 0 bridgehead atoms. The summed E-state index contributed by atoms with van der Waals surface area (Å²) in [6.07, 6.45) is 0. The van der Waals surface area contributed by atoms with Crippen LogP contribution in [-0.4, -0.2) is 33.0 Å². The predicted octanol–water partition coefficient (Wildman–Crippen LogP) is 4.64. The summed E-state index contributed by atoms with van der Waals surface area (Å²) >= 11 is 6.21. The van der Waals surface area contributed by atoms with E-state index < -0.39 is 6.61 Å². The number of halogens is 3. The molecule has 1 aromatic carbocycles. The quantitative estimate of drug-likeness (QED) is 0.505. The van der Waals surface area contributed by atoms with Gasteiger partial charge in [-0.05, 0) is 46.3 Å². The number of carbonyl (C=O) groups excluding carboxylic acids is 1. The van der Waals surface area contributed by atoms with Gasteiger partial charge >= 0.3 is 6.61 Å². The zero-order valence-corrected chi connectivity index (χ0v) is 17.1. The van der Waals surface area contributed by atoms with Crippen molar-refractivity contribution in [1.82, 2.24) is 14.8 Å². The number of hydrogen-bond donors (Lipinski definition) is 1. The lowest BCUT2D eigenvalue weighted by Crippen LogP contribution is -2.14. The summed E-state index contributed by atoms with van der Waals surface area (Å²) in [7, 11) is 1.84. The molecule has 0 saturated heterocycles. The number of thioether (sulfide) groups is 1. The molecule has 0 spiro atoms.